The van der Waals surface area contributed by atoms with Gasteiger partial charge in [0.1, 0.15) is 11.6 Å². The fourth-order valence-electron chi connectivity index (χ4n) is 3.75. The smallest absolute Gasteiger partial charge is 0.317 e. The van der Waals surface area contributed by atoms with E-state index >= 15 is 0 Å². The minimum Gasteiger partial charge on any atom is -0.335 e. The molecule has 2 amide bonds. The quantitative estimate of drug-likeness (QED) is 0.904. The lowest BCUT2D eigenvalue weighted by atomic mass is 9.96. The number of benzene rings is 1. The first-order valence-corrected chi connectivity index (χ1v) is 9.33. The number of carbonyl (C=O) groups is 1. The molecule has 0 atom stereocenters. The Morgan fingerprint density at radius 2 is 1.84 bits per heavy atom. The second kappa shape index (κ2) is 8.61. The Bertz CT molecular complexity index is 590. The average Bonchev–Trinajstić information content (AvgIpc) is 2.85. The van der Waals surface area contributed by atoms with Gasteiger partial charge in [-0.15, -0.1) is 0 Å². The number of halogens is 2. The number of nitrogens with zero attached hydrogens (tertiary/aromatic N) is 2. The molecule has 0 spiro atoms. The van der Waals surface area contributed by atoms with Crippen LogP contribution in [0.4, 0.5) is 13.6 Å². The highest BCUT2D eigenvalue weighted by atomic mass is 19.1. The molecule has 2 fully saturated rings. The molecule has 0 unspecified atom stereocenters. The van der Waals surface area contributed by atoms with Gasteiger partial charge < -0.3 is 10.2 Å². The van der Waals surface area contributed by atoms with Crippen molar-refractivity contribution in [1.82, 2.24) is 15.1 Å². The third kappa shape index (κ3) is 5.14. The predicted octanol–water partition coefficient (Wildman–Crippen LogP) is 3.51. The van der Waals surface area contributed by atoms with Crippen LogP contribution >= 0.6 is 0 Å². The maximum absolute atomic E-state index is 13.8. The fraction of sp³-hybridized carbons (Fsp3) is 0.632. The van der Waals surface area contributed by atoms with E-state index in [1.54, 1.807) is 0 Å². The highest BCUT2D eigenvalue weighted by Crippen LogP contribution is 2.18. The molecule has 1 N–H and O–H groups in total. The second-order valence-corrected chi connectivity index (χ2v) is 7.14. The van der Waals surface area contributed by atoms with Crippen LogP contribution in [0.25, 0.3) is 0 Å². The third-order valence-corrected chi connectivity index (χ3v) is 5.21. The van der Waals surface area contributed by atoms with E-state index in [0.717, 1.165) is 31.9 Å². The molecular weight excluding hydrogens is 324 g/mol. The molecule has 4 nitrogen and oxygen atoms in total. The monoisotopic (exact) mass is 351 g/mol. The topological polar surface area (TPSA) is 35.6 Å². The fourth-order valence-corrected chi connectivity index (χ4v) is 3.75. The van der Waals surface area contributed by atoms with Crippen LogP contribution in [0, 0.1) is 11.6 Å². The summed E-state index contributed by atoms with van der Waals surface area (Å²) in [6, 6.07) is 3.89. The largest absolute Gasteiger partial charge is 0.335 e. The molecule has 3 rings (SSSR count). The van der Waals surface area contributed by atoms with Gasteiger partial charge in [-0.05, 0) is 37.5 Å². The molecule has 0 aromatic heterocycles. The zero-order valence-electron chi connectivity index (χ0n) is 14.6. The minimum atomic E-state index is -0.417. The van der Waals surface area contributed by atoms with Crippen LogP contribution in [0.3, 0.4) is 0 Å². The van der Waals surface area contributed by atoms with Crippen LogP contribution in [0.2, 0.25) is 0 Å². The van der Waals surface area contributed by atoms with E-state index in [0.29, 0.717) is 37.8 Å². The van der Waals surface area contributed by atoms with Crippen LogP contribution in [-0.2, 0) is 6.54 Å². The lowest BCUT2D eigenvalue weighted by Gasteiger charge is -2.27. The molecular formula is C19H27F2N3O. The number of nitrogens with one attached hydrogen (secondary N) is 1. The molecule has 1 heterocycles. The summed E-state index contributed by atoms with van der Waals surface area (Å²) in [6.45, 7) is 3.16. The molecule has 1 aromatic carbocycles. The molecule has 6 heteroatoms. The van der Waals surface area contributed by atoms with Crippen molar-refractivity contribution in [2.75, 3.05) is 26.2 Å². The van der Waals surface area contributed by atoms with Gasteiger partial charge in [0.2, 0.25) is 0 Å². The van der Waals surface area contributed by atoms with Gasteiger partial charge in [-0.2, -0.15) is 0 Å². The molecule has 2 aliphatic rings. The number of hydrogen-bond donors (Lipinski definition) is 1. The zero-order chi connectivity index (χ0) is 17.6. The normalized spacial score (nSPS) is 20.3. The maximum Gasteiger partial charge on any atom is 0.317 e. The summed E-state index contributed by atoms with van der Waals surface area (Å²) in [7, 11) is 0. The molecule has 1 aromatic rings. The van der Waals surface area contributed by atoms with Gasteiger partial charge >= 0.3 is 6.03 Å². The van der Waals surface area contributed by atoms with Crippen LogP contribution in [0.1, 0.15) is 44.1 Å². The van der Waals surface area contributed by atoms with Crippen molar-refractivity contribution in [3.05, 3.63) is 35.4 Å². The third-order valence-electron chi connectivity index (χ3n) is 5.21. The molecule has 25 heavy (non-hydrogen) atoms. The highest BCUT2D eigenvalue weighted by Gasteiger charge is 2.22. The highest BCUT2D eigenvalue weighted by molar-refractivity contribution is 5.74. The van der Waals surface area contributed by atoms with Crippen LogP contribution < -0.4 is 5.32 Å². The van der Waals surface area contributed by atoms with Crippen LogP contribution in [0.15, 0.2) is 18.2 Å². The van der Waals surface area contributed by atoms with Crippen LogP contribution in [0.5, 0.6) is 0 Å². The Labute approximate surface area is 148 Å². The summed E-state index contributed by atoms with van der Waals surface area (Å²) in [5, 5.41) is 3.16. The van der Waals surface area contributed by atoms with Crippen molar-refractivity contribution in [2.24, 2.45) is 0 Å². The summed E-state index contributed by atoms with van der Waals surface area (Å²) < 4.78 is 27.1. The Balaban J connectivity index is 1.51. The Morgan fingerprint density at radius 3 is 2.64 bits per heavy atom. The van der Waals surface area contributed by atoms with E-state index < -0.39 is 5.82 Å². The van der Waals surface area contributed by atoms with Gasteiger partial charge in [0.25, 0.3) is 0 Å². The first-order chi connectivity index (χ1) is 12.1. The number of rotatable bonds is 3. The van der Waals surface area contributed by atoms with Gasteiger partial charge in [0, 0.05) is 44.3 Å². The van der Waals surface area contributed by atoms with Gasteiger partial charge in [0.05, 0.1) is 0 Å². The first kappa shape index (κ1) is 18.1. The van der Waals surface area contributed by atoms with Crippen molar-refractivity contribution in [2.45, 2.75) is 51.1 Å². The summed E-state index contributed by atoms with van der Waals surface area (Å²) in [5.41, 5.74) is 0.375. The summed E-state index contributed by atoms with van der Waals surface area (Å²) in [5.74, 6) is -0.794. The molecule has 1 aliphatic carbocycles. The molecule has 138 valence electrons. The Morgan fingerprint density at radius 1 is 1.04 bits per heavy atom. The lowest BCUT2D eigenvalue weighted by molar-refractivity contribution is 0.190. The first-order valence-electron chi connectivity index (χ1n) is 9.33. The molecule has 0 radical (unpaired) electrons. The number of hydrogen-bond acceptors (Lipinski definition) is 2. The van der Waals surface area contributed by atoms with Crippen molar-refractivity contribution in [3.8, 4) is 0 Å². The van der Waals surface area contributed by atoms with E-state index in [4.69, 9.17) is 0 Å². The summed E-state index contributed by atoms with van der Waals surface area (Å²) in [6.07, 6.45) is 6.64. The van der Waals surface area contributed by atoms with Gasteiger partial charge in [-0.25, -0.2) is 13.6 Å². The van der Waals surface area contributed by atoms with Crippen molar-refractivity contribution in [3.63, 3.8) is 0 Å². The number of urea groups is 1. The lowest BCUT2D eigenvalue weighted by Crippen LogP contribution is -2.46. The molecule has 1 saturated carbocycles. The zero-order valence-corrected chi connectivity index (χ0v) is 14.6. The number of amides is 2. The van der Waals surface area contributed by atoms with E-state index in [1.807, 2.05) is 4.90 Å². The van der Waals surface area contributed by atoms with E-state index in [9.17, 15) is 13.6 Å². The maximum atomic E-state index is 13.8. The SMILES string of the molecule is O=C(NC1CCCCC1)N1CCCN(Cc2cc(F)ccc2F)CC1. The van der Waals surface area contributed by atoms with Gasteiger partial charge in [-0.1, -0.05) is 19.3 Å². The van der Waals surface area contributed by atoms with E-state index in [-0.39, 0.29) is 11.8 Å². The predicted molar refractivity (Wildman–Crippen MR) is 93.2 cm³/mol. The van der Waals surface area contributed by atoms with Crippen molar-refractivity contribution < 1.29 is 13.6 Å². The molecule has 1 aliphatic heterocycles. The average molecular weight is 351 g/mol. The van der Waals surface area contributed by atoms with E-state index in [2.05, 4.69) is 10.2 Å². The van der Waals surface area contributed by atoms with Crippen molar-refractivity contribution in [1.29, 1.82) is 0 Å². The second-order valence-electron chi connectivity index (χ2n) is 7.14. The standard InChI is InChI=1S/C19H27F2N3O/c20-16-7-8-18(21)15(13-16)14-23-9-4-10-24(12-11-23)19(25)22-17-5-2-1-3-6-17/h7-8,13,17H,1-6,9-12,14H2,(H,22,25). The van der Waals surface area contributed by atoms with Gasteiger partial charge in [-0.3, -0.25) is 4.90 Å². The molecule has 0 bridgehead atoms. The van der Waals surface area contributed by atoms with E-state index in [1.165, 1.54) is 31.4 Å². The summed E-state index contributed by atoms with van der Waals surface area (Å²) in [4.78, 5) is 16.4. The Hall–Kier alpha value is -1.69. The van der Waals surface area contributed by atoms with Gasteiger partial charge in [0.15, 0.2) is 0 Å². The minimum absolute atomic E-state index is 0.0192. The van der Waals surface area contributed by atoms with Crippen LogP contribution in [-0.4, -0.2) is 48.1 Å². The Kier molecular flexibility index (Phi) is 6.24. The molecule has 1 saturated heterocycles. The summed E-state index contributed by atoms with van der Waals surface area (Å²) >= 11 is 0. The number of carbonyl (C=O) groups excluding carboxylic acids is 1. The van der Waals surface area contributed by atoms with Crippen molar-refractivity contribution >= 4 is 6.03 Å².